The average molecular weight is 431 g/mol. The lowest BCUT2D eigenvalue weighted by Crippen LogP contribution is -2.24. The lowest BCUT2D eigenvalue weighted by Gasteiger charge is -2.16. The number of hydrogen-bond donors (Lipinski definition) is 1. The summed E-state index contributed by atoms with van der Waals surface area (Å²) in [7, 11) is 0. The van der Waals surface area contributed by atoms with E-state index >= 15 is 0 Å². The number of benzene rings is 2. The van der Waals surface area contributed by atoms with E-state index in [1.165, 1.54) is 0 Å². The standard InChI is InChI=1S/C25H25N3O4/c1-17-8-9-18(2)28(17)21-12-10-19(11-13-21)25(31)32-16-23(29)26-20-5-3-6-22(15-20)27-14-4-7-24(27)30/h3,5-6,8-13,15H,4,7,14,16H2,1-2H3,(H,26,29). The first-order valence-electron chi connectivity index (χ1n) is 10.5. The van der Waals surface area contributed by atoms with Gasteiger partial charge < -0.3 is 19.5 Å². The first kappa shape index (κ1) is 21.4. The number of rotatable bonds is 6. The van der Waals surface area contributed by atoms with E-state index in [2.05, 4.69) is 9.88 Å². The van der Waals surface area contributed by atoms with Gasteiger partial charge in [0, 0.05) is 41.4 Å². The number of hydrogen-bond acceptors (Lipinski definition) is 4. The Morgan fingerprint density at radius 2 is 1.69 bits per heavy atom. The van der Waals surface area contributed by atoms with Crippen molar-refractivity contribution in [3.63, 3.8) is 0 Å². The summed E-state index contributed by atoms with van der Waals surface area (Å²) in [6.45, 7) is 4.32. The molecule has 7 heteroatoms. The summed E-state index contributed by atoms with van der Waals surface area (Å²) in [6.07, 6.45) is 1.37. The molecule has 0 aliphatic carbocycles. The van der Waals surface area contributed by atoms with Crippen LogP contribution in [0.15, 0.2) is 60.7 Å². The molecular weight excluding hydrogens is 406 g/mol. The Morgan fingerprint density at radius 3 is 2.34 bits per heavy atom. The van der Waals surface area contributed by atoms with Crippen LogP contribution in [-0.4, -0.2) is 35.5 Å². The largest absolute Gasteiger partial charge is 0.452 e. The molecule has 0 radical (unpaired) electrons. The molecular formula is C25H25N3O4. The van der Waals surface area contributed by atoms with E-state index in [1.807, 2.05) is 44.2 Å². The van der Waals surface area contributed by atoms with Gasteiger partial charge in [-0.3, -0.25) is 9.59 Å². The second-order valence-corrected chi connectivity index (χ2v) is 7.82. The van der Waals surface area contributed by atoms with Crippen molar-refractivity contribution in [2.75, 3.05) is 23.4 Å². The highest BCUT2D eigenvalue weighted by Gasteiger charge is 2.22. The second kappa shape index (κ2) is 9.09. The number of aromatic nitrogens is 1. The fraction of sp³-hybridized carbons (Fsp3) is 0.240. The summed E-state index contributed by atoms with van der Waals surface area (Å²) in [6, 6.07) is 18.2. The molecule has 2 heterocycles. The molecule has 1 N–H and O–H groups in total. The Bertz CT molecular complexity index is 1140. The molecule has 1 fully saturated rings. The van der Waals surface area contributed by atoms with Crippen molar-refractivity contribution in [2.24, 2.45) is 0 Å². The molecule has 32 heavy (non-hydrogen) atoms. The zero-order chi connectivity index (χ0) is 22.7. The number of ether oxygens (including phenoxy) is 1. The Labute approximate surface area is 186 Å². The van der Waals surface area contributed by atoms with Crippen LogP contribution in [0.1, 0.15) is 34.6 Å². The first-order chi connectivity index (χ1) is 15.4. The van der Waals surface area contributed by atoms with Crippen LogP contribution in [0.5, 0.6) is 0 Å². The van der Waals surface area contributed by atoms with E-state index in [9.17, 15) is 14.4 Å². The third kappa shape index (κ3) is 4.56. The molecule has 3 aromatic rings. The Kier molecular flexibility index (Phi) is 6.07. The fourth-order valence-electron chi connectivity index (χ4n) is 3.91. The number of aryl methyl sites for hydroxylation is 2. The van der Waals surface area contributed by atoms with E-state index in [4.69, 9.17) is 4.74 Å². The van der Waals surface area contributed by atoms with Gasteiger partial charge in [-0.25, -0.2) is 4.79 Å². The highest BCUT2D eigenvalue weighted by Crippen LogP contribution is 2.24. The van der Waals surface area contributed by atoms with Crippen LogP contribution in [-0.2, 0) is 14.3 Å². The van der Waals surface area contributed by atoms with Gasteiger partial charge in [-0.15, -0.1) is 0 Å². The van der Waals surface area contributed by atoms with Crippen molar-refractivity contribution < 1.29 is 19.1 Å². The van der Waals surface area contributed by atoms with Crippen molar-refractivity contribution in [1.82, 2.24) is 4.57 Å². The highest BCUT2D eigenvalue weighted by atomic mass is 16.5. The third-order valence-corrected chi connectivity index (χ3v) is 5.48. The van der Waals surface area contributed by atoms with E-state index in [1.54, 1.807) is 35.2 Å². The Morgan fingerprint density at radius 1 is 0.969 bits per heavy atom. The third-order valence-electron chi connectivity index (χ3n) is 5.48. The van der Waals surface area contributed by atoms with E-state index in [0.29, 0.717) is 24.2 Å². The van der Waals surface area contributed by atoms with Gasteiger partial charge in [0.05, 0.1) is 5.56 Å². The molecule has 1 aromatic heterocycles. The Balaban J connectivity index is 1.33. The maximum atomic E-state index is 12.3. The fourth-order valence-corrected chi connectivity index (χ4v) is 3.91. The molecule has 1 aliphatic heterocycles. The van der Waals surface area contributed by atoms with Crippen molar-refractivity contribution in [3.8, 4) is 5.69 Å². The average Bonchev–Trinajstić information content (AvgIpc) is 3.37. The van der Waals surface area contributed by atoms with Crippen LogP contribution in [0, 0.1) is 13.8 Å². The van der Waals surface area contributed by atoms with Gasteiger partial charge >= 0.3 is 5.97 Å². The van der Waals surface area contributed by atoms with E-state index in [0.717, 1.165) is 29.2 Å². The number of anilines is 2. The zero-order valence-electron chi connectivity index (χ0n) is 18.1. The van der Waals surface area contributed by atoms with Gasteiger partial charge in [0.1, 0.15) is 0 Å². The minimum atomic E-state index is -0.566. The second-order valence-electron chi connectivity index (χ2n) is 7.82. The molecule has 4 rings (SSSR count). The van der Waals surface area contributed by atoms with Gasteiger partial charge in [-0.1, -0.05) is 6.07 Å². The predicted octanol–water partition coefficient (Wildman–Crippen LogP) is 4.02. The quantitative estimate of drug-likeness (QED) is 0.598. The maximum Gasteiger partial charge on any atom is 0.338 e. The predicted molar refractivity (Wildman–Crippen MR) is 122 cm³/mol. The van der Waals surface area contributed by atoms with E-state index < -0.39 is 18.5 Å². The molecule has 0 atom stereocenters. The summed E-state index contributed by atoms with van der Waals surface area (Å²) >= 11 is 0. The van der Waals surface area contributed by atoms with Crippen LogP contribution in [0.25, 0.3) is 5.69 Å². The molecule has 0 bridgehead atoms. The first-order valence-corrected chi connectivity index (χ1v) is 10.5. The SMILES string of the molecule is Cc1ccc(C)n1-c1ccc(C(=O)OCC(=O)Nc2cccc(N3CCCC3=O)c2)cc1. The maximum absolute atomic E-state index is 12.3. The lowest BCUT2D eigenvalue weighted by molar-refractivity contribution is -0.119. The number of carbonyl (C=O) groups excluding carboxylic acids is 3. The van der Waals surface area contributed by atoms with Crippen molar-refractivity contribution in [1.29, 1.82) is 0 Å². The molecule has 0 spiro atoms. The molecule has 0 unspecified atom stereocenters. The van der Waals surface area contributed by atoms with Crippen molar-refractivity contribution >= 4 is 29.2 Å². The van der Waals surface area contributed by atoms with Crippen molar-refractivity contribution in [3.05, 3.63) is 77.6 Å². The normalized spacial score (nSPS) is 13.3. The zero-order valence-corrected chi connectivity index (χ0v) is 18.1. The van der Waals surface area contributed by atoms with Gasteiger partial charge in [-0.05, 0) is 74.9 Å². The minimum absolute atomic E-state index is 0.0792. The molecule has 7 nitrogen and oxygen atoms in total. The van der Waals surface area contributed by atoms with Gasteiger partial charge in [-0.2, -0.15) is 0 Å². The van der Waals surface area contributed by atoms with Gasteiger partial charge in [0.15, 0.2) is 6.61 Å². The summed E-state index contributed by atoms with van der Waals surface area (Å²) < 4.78 is 7.25. The number of nitrogens with one attached hydrogen (secondary N) is 1. The smallest absolute Gasteiger partial charge is 0.338 e. The summed E-state index contributed by atoms with van der Waals surface area (Å²) in [5.74, 6) is -0.932. The monoisotopic (exact) mass is 431 g/mol. The van der Waals surface area contributed by atoms with Crippen LogP contribution in [0.4, 0.5) is 11.4 Å². The van der Waals surface area contributed by atoms with Crippen LogP contribution in [0.2, 0.25) is 0 Å². The Hall–Kier alpha value is -3.87. The molecule has 0 saturated carbocycles. The molecule has 1 aliphatic rings. The summed E-state index contributed by atoms with van der Waals surface area (Å²) in [4.78, 5) is 38.2. The number of amides is 2. The summed E-state index contributed by atoms with van der Waals surface area (Å²) in [5, 5.41) is 2.71. The van der Waals surface area contributed by atoms with Crippen molar-refractivity contribution in [2.45, 2.75) is 26.7 Å². The topological polar surface area (TPSA) is 80.6 Å². The highest BCUT2D eigenvalue weighted by molar-refractivity contribution is 5.98. The lowest BCUT2D eigenvalue weighted by atomic mass is 10.2. The molecule has 2 amide bonds. The van der Waals surface area contributed by atoms with Crippen LogP contribution in [0.3, 0.4) is 0 Å². The van der Waals surface area contributed by atoms with Gasteiger partial charge in [0.2, 0.25) is 5.91 Å². The summed E-state index contributed by atoms with van der Waals surface area (Å²) in [5.41, 5.74) is 4.83. The number of nitrogens with zero attached hydrogens (tertiary/aromatic N) is 2. The molecule has 2 aromatic carbocycles. The van der Waals surface area contributed by atoms with Crippen LogP contribution < -0.4 is 10.2 Å². The molecule has 164 valence electrons. The number of esters is 1. The van der Waals surface area contributed by atoms with E-state index in [-0.39, 0.29) is 5.91 Å². The number of carbonyl (C=O) groups is 3. The molecule has 1 saturated heterocycles. The van der Waals surface area contributed by atoms with Gasteiger partial charge in [0.25, 0.3) is 5.91 Å². The van der Waals surface area contributed by atoms with Crippen LogP contribution >= 0.6 is 0 Å². The minimum Gasteiger partial charge on any atom is -0.452 e.